The number of hydrogen-bond acceptors (Lipinski definition) is 4. The van der Waals surface area contributed by atoms with Gasteiger partial charge in [-0.15, -0.1) is 0 Å². The molecule has 0 spiro atoms. The van der Waals surface area contributed by atoms with Crippen molar-refractivity contribution in [2.45, 2.75) is 13.0 Å². The van der Waals surface area contributed by atoms with Crippen LogP contribution in [0.2, 0.25) is 0 Å². The Hall–Kier alpha value is -4.00. The Morgan fingerprint density at radius 1 is 0.966 bits per heavy atom. The topological polar surface area (TPSA) is 87.5 Å². The van der Waals surface area contributed by atoms with Crippen LogP contribution in [0.15, 0.2) is 59.7 Å². The van der Waals surface area contributed by atoms with E-state index in [0.29, 0.717) is 23.2 Å². The molecule has 0 saturated carbocycles. The van der Waals surface area contributed by atoms with Crippen LogP contribution >= 0.6 is 0 Å². The normalized spacial score (nSPS) is 14.4. The molecule has 0 radical (unpaired) electrons. The number of benzene rings is 2. The van der Waals surface area contributed by atoms with Gasteiger partial charge >= 0.3 is 0 Å². The molecule has 2 aromatic heterocycles. The van der Waals surface area contributed by atoms with E-state index in [2.05, 4.69) is 9.97 Å². The highest BCUT2D eigenvalue weighted by Crippen LogP contribution is 2.35. The van der Waals surface area contributed by atoms with Crippen molar-refractivity contribution in [3.05, 3.63) is 93.2 Å². The predicted molar refractivity (Wildman–Crippen MR) is 105 cm³/mol. The van der Waals surface area contributed by atoms with Crippen molar-refractivity contribution in [1.82, 2.24) is 19.3 Å². The van der Waals surface area contributed by atoms with E-state index in [9.17, 15) is 14.4 Å². The van der Waals surface area contributed by atoms with Crippen molar-refractivity contribution in [2.24, 2.45) is 0 Å². The summed E-state index contributed by atoms with van der Waals surface area (Å²) in [5, 5.41) is 0. The van der Waals surface area contributed by atoms with Crippen LogP contribution < -0.4 is 5.56 Å². The fourth-order valence-corrected chi connectivity index (χ4v) is 4.33. The van der Waals surface area contributed by atoms with Gasteiger partial charge in [0.05, 0.1) is 29.1 Å². The molecule has 6 rings (SSSR count). The number of hydrogen-bond donors (Lipinski definition) is 1. The van der Waals surface area contributed by atoms with Crippen molar-refractivity contribution in [3.8, 4) is 11.3 Å². The van der Waals surface area contributed by atoms with Crippen LogP contribution in [-0.2, 0) is 13.0 Å². The molecule has 3 heterocycles. The van der Waals surface area contributed by atoms with Crippen LogP contribution in [0.25, 0.3) is 16.9 Å². The van der Waals surface area contributed by atoms with Crippen molar-refractivity contribution in [1.29, 1.82) is 0 Å². The number of carbonyl (C=O) groups is 2. The number of carbonyl (C=O) groups excluding carboxylic acids is 2. The molecule has 2 aliphatic rings. The number of aromatic nitrogens is 3. The highest BCUT2D eigenvalue weighted by atomic mass is 16.2. The van der Waals surface area contributed by atoms with Crippen LogP contribution in [0.3, 0.4) is 0 Å². The molecule has 0 fully saturated rings. The number of nitrogens with one attached hydrogen (secondary N) is 1. The first kappa shape index (κ1) is 16.0. The van der Waals surface area contributed by atoms with Gasteiger partial charge in [-0.1, -0.05) is 30.3 Å². The average Bonchev–Trinajstić information content (AvgIpc) is 3.41. The maximum Gasteiger partial charge on any atom is 0.292 e. The number of nitrogens with zero attached hydrogens (tertiary/aromatic N) is 3. The third-order valence-corrected chi connectivity index (χ3v) is 5.68. The van der Waals surface area contributed by atoms with Gasteiger partial charge in [0, 0.05) is 24.4 Å². The molecule has 7 nitrogen and oxygen atoms in total. The molecule has 0 atom stereocenters. The number of imidazole rings is 1. The second kappa shape index (κ2) is 5.51. The quantitative estimate of drug-likeness (QED) is 0.475. The molecule has 0 unspecified atom stereocenters. The minimum atomic E-state index is -0.265. The molecule has 140 valence electrons. The number of H-pyrrole nitrogens is 1. The van der Waals surface area contributed by atoms with Crippen LogP contribution in [0.1, 0.15) is 37.5 Å². The first-order chi connectivity index (χ1) is 14.1. The molecule has 0 saturated heterocycles. The Morgan fingerprint density at radius 2 is 1.72 bits per heavy atom. The van der Waals surface area contributed by atoms with E-state index in [1.54, 1.807) is 36.7 Å². The van der Waals surface area contributed by atoms with Gasteiger partial charge in [-0.25, -0.2) is 4.98 Å². The van der Waals surface area contributed by atoms with Crippen molar-refractivity contribution in [3.63, 3.8) is 0 Å². The zero-order valence-electron chi connectivity index (χ0n) is 15.2. The third kappa shape index (κ3) is 2.12. The molecule has 0 bridgehead atoms. The molecule has 2 aromatic carbocycles. The Kier molecular flexibility index (Phi) is 3.04. The highest BCUT2D eigenvalue weighted by molar-refractivity contribution is 6.21. The Morgan fingerprint density at radius 3 is 2.48 bits per heavy atom. The molecule has 1 N–H and O–H groups in total. The van der Waals surface area contributed by atoms with E-state index < -0.39 is 0 Å². The molecule has 2 amide bonds. The van der Waals surface area contributed by atoms with Gasteiger partial charge in [-0.05, 0) is 23.3 Å². The number of aromatic amines is 1. The summed E-state index contributed by atoms with van der Waals surface area (Å²) in [5.41, 5.74) is 5.70. The standard InChI is InChI=1S/C22H14N4O3/c27-20-19-23-7-8-25(19)17-10-13-9-12(5-6-14(13)18(17)24-20)11-26-21(28)15-3-1-2-4-16(15)22(26)29/h1-9H,10-11H2,(H,24,27). The smallest absolute Gasteiger partial charge is 0.292 e. The van der Waals surface area contributed by atoms with Gasteiger partial charge < -0.3 is 4.98 Å². The van der Waals surface area contributed by atoms with E-state index in [-0.39, 0.29) is 23.9 Å². The summed E-state index contributed by atoms with van der Waals surface area (Å²) in [5.74, 6) is -0.530. The fourth-order valence-electron chi connectivity index (χ4n) is 4.33. The van der Waals surface area contributed by atoms with Crippen LogP contribution in [0, 0.1) is 0 Å². The van der Waals surface area contributed by atoms with E-state index in [4.69, 9.17) is 0 Å². The van der Waals surface area contributed by atoms with E-state index in [1.165, 1.54) is 4.90 Å². The lowest BCUT2D eigenvalue weighted by atomic mass is 10.1. The van der Waals surface area contributed by atoms with Gasteiger partial charge in [-0.2, -0.15) is 0 Å². The van der Waals surface area contributed by atoms with E-state index >= 15 is 0 Å². The SMILES string of the molecule is O=C1c2ccccc2C(=O)N1Cc1ccc2c(c1)Cc1c-2[nH]c(=O)c2nccn12. The Balaban J connectivity index is 1.37. The maximum atomic E-state index is 12.6. The van der Waals surface area contributed by atoms with E-state index in [0.717, 1.165) is 28.1 Å². The number of fused-ring (bicyclic) bond motifs is 6. The van der Waals surface area contributed by atoms with Crippen LogP contribution in [0.5, 0.6) is 0 Å². The second-order valence-electron chi connectivity index (χ2n) is 7.31. The summed E-state index contributed by atoms with van der Waals surface area (Å²) in [7, 11) is 0. The van der Waals surface area contributed by atoms with Gasteiger partial charge in [0.15, 0.2) is 0 Å². The van der Waals surface area contributed by atoms with Gasteiger partial charge in [0.1, 0.15) is 0 Å². The molecule has 1 aliphatic carbocycles. The molecular formula is C22H14N4O3. The van der Waals surface area contributed by atoms with Gasteiger partial charge in [-0.3, -0.25) is 23.7 Å². The summed E-state index contributed by atoms with van der Waals surface area (Å²) in [6, 6.07) is 12.7. The largest absolute Gasteiger partial charge is 0.317 e. The van der Waals surface area contributed by atoms with Crippen LogP contribution in [-0.4, -0.2) is 31.1 Å². The summed E-state index contributed by atoms with van der Waals surface area (Å²) < 4.78 is 1.82. The highest BCUT2D eigenvalue weighted by Gasteiger charge is 2.35. The zero-order chi connectivity index (χ0) is 19.7. The summed E-state index contributed by atoms with van der Waals surface area (Å²) in [6.07, 6.45) is 4.04. The molecule has 29 heavy (non-hydrogen) atoms. The minimum absolute atomic E-state index is 0.215. The molecule has 1 aliphatic heterocycles. The fraction of sp³-hybridized carbons (Fsp3) is 0.0909. The van der Waals surface area contributed by atoms with Gasteiger partial charge in [0.25, 0.3) is 17.4 Å². The average molecular weight is 382 g/mol. The predicted octanol–water partition coefficient (Wildman–Crippen LogP) is 2.39. The van der Waals surface area contributed by atoms with Crippen molar-refractivity contribution >= 4 is 17.5 Å². The summed E-state index contributed by atoms with van der Waals surface area (Å²) in [6.45, 7) is 0.215. The molecular weight excluding hydrogens is 368 g/mol. The Labute approximate surface area is 164 Å². The second-order valence-corrected chi connectivity index (χ2v) is 7.31. The van der Waals surface area contributed by atoms with Gasteiger partial charge in [0.2, 0.25) is 5.65 Å². The summed E-state index contributed by atoms with van der Waals surface area (Å²) in [4.78, 5) is 45.9. The maximum absolute atomic E-state index is 12.6. The lowest BCUT2D eigenvalue weighted by Gasteiger charge is -2.14. The number of amides is 2. The lowest BCUT2D eigenvalue weighted by Crippen LogP contribution is -2.29. The monoisotopic (exact) mass is 382 g/mol. The lowest BCUT2D eigenvalue weighted by molar-refractivity contribution is 0.0642. The summed E-state index contributed by atoms with van der Waals surface area (Å²) >= 11 is 0. The minimum Gasteiger partial charge on any atom is -0.317 e. The number of rotatable bonds is 2. The third-order valence-electron chi connectivity index (χ3n) is 5.68. The Bertz CT molecular complexity index is 1390. The number of imide groups is 1. The molecule has 4 aromatic rings. The zero-order valence-corrected chi connectivity index (χ0v) is 15.2. The van der Waals surface area contributed by atoms with Crippen LogP contribution in [0.4, 0.5) is 0 Å². The first-order valence-electron chi connectivity index (χ1n) is 9.27. The first-order valence-corrected chi connectivity index (χ1v) is 9.27. The van der Waals surface area contributed by atoms with Crippen molar-refractivity contribution < 1.29 is 9.59 Å². The molecule has 7 heteroatoms. The van der Waals surface area contributed by atoms with Crippen molar-refractivity contribution in [2.75, 3.05) is 0 Å². The van der Waals surface area contributed by atoms with E-state index in [1.807, 2.05) is 22.6 Å².